The highest BCUT2D eigenvalue weighted by atomic mass is 19.1. The first kappa shape index (κ1) is 26.9. The average Bonchev–Trinajstić information content (AvgIpc) is 3.43. The van der Waals surface area contributed by atoms with Gasteiger partial charge >= 0.3 is 0 Å². The smallest absolute Gasteiger partial charge is 0.259 e. The second-order valence-electron chi connectivity index (χ2n) is 11.7. The molecule has 0 saturated carbocycles. The molecule has 4 aromatic rings. The molecule has 2 saturated heterocycles. The van der Waals surface area contributed by atoms with E-state index in [9.17, 15) is 9.59 Å². The van der Waals surface area contributed by atoms with Crippen molar-refractivity contribution in [3.63, 3.8) is 0 Å². The molecule has 218 valence electrons. The predicted octanol–water partition coefficient (Wildman–Crippen LogP) is 3.61. The van der Waals surface area contributed by atoms with Gasteiger partial charge in [0.2, 0.25) is 5.43 Å². The molecule has 3 aromatic carbocycles. The number of anilines is 1. The molecule has 0 aliphatic carbocycles. The lowest BCUT2D eigenvalue weighted by molar-refractivity contribution is 0.0789. The van der Waals surface area contributed by atoms with Gasteiger partial charge in [0.25, 0.3) is 5.91 Å². The molecule has 3 N–H and O–H groups in total. The van der Waals surface area contributed by atoms with E-state index in [1.54, 1.807) is 11.1 Å². The lowest BCUT2D eigenvalue weighted by Gasteiger charge is -2.32. The number of nitrogens with two attached hydrogens (primary N) is 1. The molecular formula is C32H35FN6O3. The first-order valence-corrected chi connectivity index (χ1v) is 14.7. The highest BCUT2D eigenvalue weighted by Crippen LogP contribution is 2.46. The number of rotatable bonds is 6. The number of pyridine rings is 1. The Morgan fingerprint density at radius 3 is 2.60 bits per heavy atom. The number of amides is 1. The Morgan fingerprint density at radius 2 is 1.86 bits per heavy atom. The van der Waals surface area contributed by atoms with Crippen LogP contribution in [0.15, 0.2) is 53.5 Å². The average molecular weight is 571 g/mol. The molecule has 3 aliphatic rings. The summed E-state index contributed by atoms with van der Waals surface area (Å²) in [6.45, 7) is 6.48. The SMILES string of the molecule is CN1CCN(CCCNc2c(F)cc3c(=O)c(C(=O)N4CC[C@@H](N)C4)cn4c3c2Oc2cc3ccccc3cc2-4)CC1. The minimum Gasteiger partial charge on any atom is -0.451 e. The van der Waals surface area contributed by atoms with Crippen molar-refractivity contribution in [2.75, 3.05) is 64.7 Å². The van der Waals surface area contributed by atoms with Gasteiger partial charge in [0.05, 0.1) is 11.1 Å². The van der Waals surface area contributed by atoms with E-state index in [-0.39, 0.29) is 34.3 Å². The summed E-state index contributed by atoms with van der Waals surface area (Å²) in [5.74, 6) is -0.191. The largest absolute Gasteiger partial charge is 0.451 e. The minimum atomic E-state index is -0.585. The number of carbonyl (C=O) groups excluding carboxylic acids is 1. The van der Waals surface area contributed by atoms with Gasteiger partial charge in [-0.3, -0.25) is 9.59 Å². The number of ether oxygens (including phenoxy) is 1. The third-order valence-corrected chi connectivity index (χ3v) is 8.79. The third kappa shape index (κ3) is 4.69. The van der Waals surface area contributed by atoms with Gasteiger partial charge in [-0.05, 0) is 55.4 Å². The monoisotopic (exact) mass is 570 g/mol. The summed E-state index contributed by atoms with van der Waals surface area (Å²) >= 11 is 0. The van der Waals surface area contributed by atoms with Crippen molar-refractivity contribution in [1.29, 1.82) is 0 Å². The fourth-order valence-electron chi connectivity index (χ4n) is 6.35. The molecule has 1 aromatic heterocycles. The van der Waals surface area contributed by atoms with Crippen molar-refractivity contribution in [3.8, 4) is 17.2 Å². The van der Waals surface area contributed by atoms with E-state index in [0.717, 1.165) is 49.9 Å². The van der Waals surface area contributed by atoms with Crippen LogP contribution in [0.2, 0.25) is 0 Å². The number of carbonyl (C=O) groups is 1. The molecular weight excluding hydrogens is 535 g/mol. The maximum Gasteiger partial charge on any atom is 0.259 e. The number of hydrogen-bond acceptors (Lipinski definition) is 7. The lowest BCUT2D eigenvalue weighted by Crippen LogP contribution is -2.44. The van der Waals surface area contributed by atoms with E-state index < -0.39 is 11.2 Å². The van der Waals surface area contributed by atoms with E-state index in [2.05, 4.69) is 22.2 Å². The van der Waals surface area contributed by atoms with Crippen LogP contribution in [0.3, 0.4) is 0 Å². The Balaban J connectivity index is 1.30. The molecule has 9 nitrogen and oxygen atoms in total. The van der Waals surface area contributed by atoms with Crippen molar-refractivity contribution in [3.05, 3.63) is 70.3 Å². The molecule has 0 radical (unpaired) electrons. The molecule has 0 bridgehead atoms. The van der Waals surface area contributed by atoms with Crippen LogP contribution in [0.5, 0.6) is 11.5 Å². The van der Waals surface area contributed by atoms with Crippen LogP contribution >= 0.6 is 0 Å². The molecule has 7 rings (SSSR count). The minimum absolute atomic E-state index is 0.00385. The van der Waals surface area contributed by atoms with E-state index in [1.165, 1.54) is 6.07 Å². The maximum absolute atomic E-state index is 15.8. The van der Waals surface area contributed by atoms with E-state index >= 15 is 4.39 Å². The normalized spacial score (nSPS) is 18.8. The quantitative estimate of drug-likeness (QED) is 0.301. The Morgan fingerprint density at radius 1 is 1.10 bits per heavy atom. The molecule has 2 fully saturated rings. The van der Waals surface area contributed by atoms with E-state index in [4.69, 9.17) is 10.5 Å². The number of likely N-dealkylation sites (tertiary alicyclic amines) is 1. The highest BCUT2D eigenvalue weighted by Gasteiger charge is 2.31. The maximum atomic E-state index is 15.8. The van der Waals surface area contributed by atoms with Crippen LogP contribution in [0.25, 0.3) is 27.4 Å². The van der Waals surface area contributed by atoms with Gasteiger partial charge < -0.3 is 35.1 Å². The number of hydrogen-bond donors (Lipinski definition) is 2. The van der Waals surface area contributed by atoms with Crippen molar-refractivity contribution in [2.24, 2.45) is 5.73 Å². The van der Waals surface area contributed by atoms with Crippen molar-refractivity contribution >= 4 is 33.3 Å². The number of nitrogens with zero attached hydrogens (tertiary/aromatic N) is 4. The fraction of sp³-hybridized carbons (Fsp3) is 0.375. The summed E-state index contributed by atoms with van der Waals surface area (Å²) in [4.78, 5) is 33.6. The Labute approximate surface area is 243 Å². The summed E-state index contributed by atoms with van der Waals surface area (Å²) in [6, 6.07) is 12.9. The Bertz CT molecular complexity index is 1760. The summed E-state index contributed by atoms with van der Waals surface area (Å²) in [7, 11) is 2.13. The van der Waals surface area contributed by atoms with E-state index in [0.29, 0.717) is 43.0 Å². The number of likely N-dealkylation sites (N-methyl/N-ethyl adjacent to an activating group) is 1. The molecule has 10 heteroatoms. The molecule has 1 amide bonds. The molecule has 0 unspecified atom stereocenters. The lowest BCUT2D eigenvalue weighted by atomic mass is 10.0. The fourth-order valence-corrected chi connectivity index (χ4v) is 6.35. The molecule has 42 heavy (non-hydrogen) atoms. The van der Waals surface area contributed by atoms with Crippen LogP contribution in [0, 0.1) is 5.82 Å². The van der Waals surface area contributed by atoms with Crippen LogP contribution in [-0.4, -0.2) is 90.6 Å². The summed E-state index contributed by atoms with van der Waals surface area (Å²) in [5, 5.41) is 5.33. The second-order valence-corrected chi connectivity index (χ2v) is 11.7. The third-order valence-electron chi connectivity index (χ3n) is 8.79. The van der Waals surface area contributed by atoms with E-state index in [1.807, 2.05) is 41.0 Å². The topological polar surface area (TPSA) is 96.1 Å². The number of fused-ring (bicyclic) bond motifs is 3. The van der Waals surface area contributed by atoms with Crippen LogP contribution < -0.4 is 21.2 Å². The summed E-state index contributed by atoms with van der Waals surface area (Å²) < 4.78 is 24.0. The predicted molar refractivity (Wildman–Crippen MR) is 163 cm³/mol. The molecule has 1 atom stereocenters. The van der Waals surface area contributed by atoms with Gasteiger partial charge in [-0.1, -0.05) is 24.3 Å². The highest BCUT2D eigenvalue weighted by molar-refractivity contribution is 6.02. The van der Waals surface area contributed by atoms with Gasteiger partial charge in [0.1, 0.15) is 16.8 Å². The molecule has 3 aliphatic heterocycles. The first-order valence-electron chi connectivity index (χ1n) is 14.7. The van der Waals surface area contributed by atoms with Gasteiger partial charge in [-0.25, -0.2) is 4.39 Å². The zero-order valence-corrected chi connectivity index (χ0v) is 23.7. The zero-order chi connectivity index (χ0) is 29.0. The van der Waals surface area contributed by atoms with Crippen LogP contribution in [0.1, 0.15) is 23.2 Å². The second kappa shape index (κ2) is 10.7. The van der Waals surface area contributed by atoms with Gasteiger partial charge in [0.15, 0.2) is 17.3 Å². The zero-order valence-electron chi connectivity index (χ0n) is 23.7. The van der Waals surface area contributed by atoms with Crippen molar-refractivity contribution in [2.45, 2.75) is 18.9 Å². The van der Waals surface area contributed by atoms with Crippen molar-refractivity contribution in [1.82, 2.24) is 19.3 Å². The number of aromatic nitrogens is 1. The summed E-state index contributed by atoms with van der Waals surface area (Å²) in [5.41, 5.74) is 6.88. The van der Waals surface area contributed by atoms with Crippen LogP contribution in [-0.2, 0) is 0 Å². The van der Waals surface area contributed by atoms with Gasteiger partial charge in [-0.15, -0.1) is 0 Å². The standard InChI is InChI=1S/C32H35FN6O3/c1-36-11-13-37(14-12-36)9-4-8-35-28-25(33)17-23-29-31(28)42-27-16-21-6-3-2-5-20(21)15-26(27)39(29)19-24(30(23)40)32(41)38-10-7-22(34)18-38/h2-3,5-6,15-17,19,22,35H,4,7-14,18,34H2,1H3/t22-/m1/s1. The molecule has 0 spiro atoms. The Kier molecular flexibility index (Phi) is 6.84. The van der Waals surface area contributed by atoms with Crippen LogP contribution in [0.4, 0.5) is 10.1 Å². The van der Waals surface area contributed by atoms with Gasteiger partial charge in [-0.2, -0.15) is 0 Å². The van der Waals surface area contributed by atoms with Crippen molar-refractivity contribution < 1.29 is 13.9 Å². The number of benzene rings is 3. The number of nitrogens with one attached hydrogen (secondary N) is 1. The number of halogens is 1. The Hall–Kier alpha value is -3.99. The summed E-state index contributed by atoms with van der Waals surface area (Å²) in [6.07, 6.45) is 3.10. The molecule has 4 heterocycles. The first-order chi connectivity index (χ1) is 20.4. The number of piperazine rings is 1. The van der Waals surface area contributed by atoms with Gasteiger partial charge in [0, 0.05) is 58.1 Å².